The van der Waals surface area contributed by atoms with Crippen molar-refractivity contribution in [3.8, 4) is 11.3 Å². The summed E-state index contributed by atoms with van der Waals surface area (Å²) in [6.07, 6.45) is 2.45. The minimum Gasteiger partial charge on any atom is -0.342 e. The highest BCUT2D eigenvalue weighted by molar-refractivity contribution is 5.89. The summed E-state index contributed by atoms with van der Waals surface area (Å²) in [6.45, 7) is 0. The number of aryl methyl sites for hydroxylation is 1. The molecule has 0 radical (unpaired) electrons. The molecule has 2 aromatic heterocycles. The molecule has 0 fully saturated rings. The minimum atomic E-state index is -0.292. The van der Waals surface area contributed by atoms with Crippen LogP contribution in [0.3, 0.4) is 0 Å². The van der Waals surface area contributed by atoms with Crippen LogP contribution in [0.1, 0.15) is 12.2 Å². The van der Waals surface area contributed by atoms with Gasteiger partial charge in [0.1, 0.15) is 11.6 Å². The number of nitrogens with one attached hydrogen (secondary N) is 2. The molecule has 7 heteroatoms. The summed E-state index contributed by atoms with van der Waals surface area (Å²) in [5.74, 6) is 0.789. The van der Waals surface area contributed by atoms with Crippen LogP contribution in [0.2, 0.25) is 0 Å². The lowest BCUT2D eigenvalue weighted by Gasteiger charge is -2.07. The van der Waals surface area contributed by atoms with Crippen molar-refractivity contribution in [2.24, 2.45) is 7.05 Å². The van der Waals surface area contributed by atoms with Crippen molar-refractivity contribution in [1.82, 2.24) is 19.5 Å². The zero-order chi connectivity index (χ0) is 18.8. The second-order valence-corrected chi connectivity index (χ2v) is 6.28. The van der Waals surface area contributed by atoms with E-state index in [1.807, 2.05) is 24.3 Å². The SMILES string of the molecule is Cn1c(-c2ccc(F)cc2)cnc1NC(=O)CCc1nc2ccccc2[nH]1. The van der Waals surface area contributed by atoms with Gasteiger partial charge in [0.05, 0.1) is 22.9 Å². The third-order valence-corrected chi connectivity index (χ3v) is 4.41. The summed E-state index contributed by atoms with van der Waals surface area (Å²) in [7, 11) is 1.81. The van der Waals surface area contributed by atoms with Gasteiger partial charge in [-0.1, -0.05) is 12.1 Å². The number of H-pyrrole nitrogens is 1. The van der Waals surface area contributed by atoms with Crippen LogP contribution in [0, 0.1) is 5.82 Å². The van der Waals surface area contributed by atoms with Gasteiger partial charge in [-0.05, 0) is 36.4 Å². The molecule has 0 aliphatic heterocycles. The van der Waals surface area contributed by atoms with E-state index in [-0.39, 0.29) is 11.7 Å². The van der Waals surface area contributed by atoms with Gasteiger partial charge in [0.25, 0.3) is 0 Å². The summed E-state index contributed by atoms with van der Waals surface area (Å²) in [6, 6.07) is 13.9. The van der Waals surface area contributed by atoms with E-state index in [9.17, 15) is 9.18 Å². The number of aromatic nitrogens is 4. The Kier molecular flexibility index (Phi) is 4.42. The molecule has 0 saturated carbocycles. The second kappa shape index (κ2) is 7.03. The number of para-hydroxylation sites is 2. The van der Waals surface area contributed by atoms with Crippen LogP contribution < -0.4 is 5.32 Å². The minimum absolute atomic E-state index is 0.144. The van der Waals surface area contributed by atoms with Gasteiger partial charge in [-0.15, -0.1) is 0 Å². The lowest BCUT2D eigenvalue weighted by atomic mass is 10.2. The number of fused-ring (bicyclic) bond motifs is 1. The van der Waals surface area contributed by atoms with Gasteiger partial charge in [0.15, 0.2) is 0 Å². The Balaban J connectivity index is 1.41. The number of carbonyl (C=O) groups excluding carboxylic acids is 1. The monoisotopic (exact) mass is 363 g/mol. The lowest BCUT2D eigenvalue weighted by Crippen LogP contribution is -2.15. The predicted octanol–water partition coefficient (Wildman–Crippen LogP) is 3.67. The van der Waals surface area contributed by atoms with Gasteiger partial charge in [-0.3, -0.25) is 10.1 Å². The second-order valence-electron chi connectivity index (χ2n) is 6.28. The van der Waals surface area contributed by atoms with Crippen molar-refractivity contribution in [3.05, 3.63) is 66.4 Å². The van der Waals surface area contributed by atoms with E-state index in [0.29, 0.717) is 18.8 Å². The van der Waals surface area contributed by atoms with E-state index in [1.165, 1.54) is 12.1 Å². The number of hydrogen-bond acceptors (Lipinski definition) is 3. The molecular formula is C20H18FN5O. The van der Waals surface area contributed by atoms with E-state index in [1.54, 1.807) is 29.9 Å². The fraction of sp³-hybridized carbons (Fsp3) is 0.150. The van der Waals surface area contributed by atoms with Gasteiger partial charge in [0.2, 0.25) is 11.9 Å². The molecule has 27 heavy (non-hydrogen) atoms. The fourth-order valence-electron chi connectivity index (χ4n) is 2.96. The number of amides is 1. The standard InChI is InChI=1S/C20H18FN5O/c1-26-17(13-6-8-14(21)9-7-13)12-22-20(26)25-19(27)11-10-18-23-15-4-2-3-5-16(15)24-18/h2-9,12H,10-11H2,1H3,(H,23,24)(H,22,25,27). The molecule has 0 bridgehead atoms. The predicted molar refractivity (Wildman–Crippen MR) is 102 cm³/mol. The number of anilines is 1. The Bertz CT molecular complexity index is 1060. The highest BCUT2D eigenvalue weighted by Gasteiger charge is 2.12. The molecule has 1 amide bonds. The van der Waals surface area contributed by atoms with E-state index in [4.69, 9.17) is 0 Å². The van der Waals surface area contributed by atoms with Crippen LogP contribution in [0.25, 0.3) is 22.3 Å². The third-order valence-electron chi connectivity index (χ3n) is 4.41. The number of benzene rings is 2. The molecule has 0 spiro atoms. The molecule has 2 heterocycles. The molecule has 2 aromatic carbocycles. The number of carbonyl (C=O) groups is 1. The number of hydrogen-bond donors (Lipinski definition) is 2. The summed E-state index contributed by atoms with van der Waals surface area (Å²) in [4.78, 5) is 24.2. The molecule has 0 aliphatic rings. The van der Waals surface area contributed by atoms with Crippen molar-refractivity contribution in [2.75, 3.05) is 5.32 Å². The first kappa shape index (κ1) is 17.0. The van der Waals surface area contributed by atoms with E-state index in [0.717, 1.165) is 28.1 Å². The Labute approximate surface area is 155 Å². The third kappa shape index (κ3) is 3.57. The summed E-state index contributed by atoms with van der Waals surface area (Å²) < 4.78 is 14.9. The molecule has 6 nitrogen and oxygen atoms in total. The lowest BCUT2D eigenvalue weighted by molar-refractivity contribution is -0.116. The molecule has 2 N–H and O–H groups in total. The number of nitrogens with zero attached hydrogens (tertiary/aromatic N) is 3. The van der Waals surface area contributed by atoms with Gasteiger partial charge < -0.3 is 9.55 Å². The molecule has 136 valence electrons. The largest absolute Gasteiger partial charge is 0.342 e. The first-order valence-corrected chi connectivity index (χ1v) is 8.61. The van der Waals surface area contributed by atoms with Gasteiger partial charge in [-0.25, -0.2) is 14.4 Å². The van der Waals surface area contributed by atoms with Gasteiger partial charge in [-0.2, -0.15) is 0 Å². The van der Waals surface area contributed by atoms with E-state index < -0.39 is 0 Å². The van der Waals surface area contributed by atoms with Crippen molar-refractivity contribution < 1.29 is 9.18 Å². The van der Waals surface area contributed by atoms with Crippen LogP contribution in [-0.4, -0.2) is 25.4 Å². The topological polar surface area (TPSA) is 75.6 Å². The zero-order valence-corrected chi connectivity index (χ0v) is 14.7. The van der Waals surface area contributed by atoms with Crippen molar-refractivity contribution in [1.29, 1.82) is 0 Å². The highest BCUT2D eigenvalue weighted by atomic mass is 19.1. The van der Waals surface area contributed by atoms with Crippen LogP contribution in [0.5, 0.6) is 0 Å². The van der Waals surface area contributed by atoms with Gasteiger partial charge in [0, 0.05) is 25.5 Å². The van der Waals surface area contributed by atoms with E-state index in [2.05, 4.69) is 20.3 Å². The summed E-state index contributed by atoms with van der Waals surface area (Å²) in [5, 5.41) is 2.81. The van der Waals surface area contributed by atoms with Crippen LogP contribution in [0.4, 0.5) is 10.3 Å². The molecule has 0 aliphatic carbocycles. The normalized spacial score (nSPS) is 11.0. The maximum Gasteiger partial charge on any atom is 0.227 e. The van der Waals surface area contributed by atoms with Crippen LogP contribution in [-0.2, 0) is 18.3 Å². The van der Waals surface area contributed by atoms with Crippen LogP contribution in [0.15, 0.2) is 54.7 Å². The maximum atomic E-state index is 13.1. The number of aromatic amines is 1. The molecule has 0 unspecified atom stereocenters. The first-order valence-electron chi connectivity index (χ1n) is 8.61. The zero-order valence-electron chi connectivity index (χ0n) is 14.7. The maximum absolute atomic E-state index is 13.1. The molecular weight excluding hydrogens is 345 g/mol. The summed E-state index contributed by atoms with van der Waals surface area (Å²) >= 11 is 0. The smallest absolute Gasteiger partial charge is 0.227 e. The van der Waals surface area contributed by atoms with Crippen molar-refractivity contribution in [3.63, 3.8) is 0 Å². The summed E-state index contributed by atoms with van der Waals surface area (Å²) in [5.41, 5.74) is 3.47. The molecule has 4 rings (SSSR count). The highest BCUT2D eigenvalue weighted by Crippen LogP contribution is 2.22. The number of imidazole rings is 2. The Morgan fingerprint density at radius 2 is 1.96 bits per heavy atom. The average molecular weight is 363 g/mol. The number of halogens is 1. The van der Waals surface area contributed by atoms with E-state index >= 15 is 0 Å². The van der Waals surface area contributed by atoms with Gasteiger partial charge >= 0.3 is 0 Å². The van der Waals surface area contributed by atoms with Crippen molar-refractivity contribution in [2.45, 2.75) is 12.8 Å². The Morgan fingerprint density at radius 3 is 2.74 bits per heavy atom. The quantitative estimate of drug-likeness (QED) is 0.568. The van der Waals surface area contributed by atoms with Crippen LogP contribution >= 0.6 is 0 Å². The first-order chi connectivity index (χ1) is 13.1. The molecule has 0 atom stereocenters. The Hall–Kier alpha value is -3.48. The average Bonchev–Trinajstić information content (AvgIpc) is 3.24. The fourth-order valence-corrected chi connectivity index (χ4v) is 2.96. The molecule has 0 saturated heterocycles. The number of rotatable bonds is 5. The van der Waals surface area contributed by atoms with Crippen molar-refractivity contribution >= 4 is 22.9 Å². The molecule has 4 aromatic rings. The Morgan fingerprint density at radius 1 is 1.19 bits per heavy atom.